The molecule has 146 valence electrons. The number of carbonyl (C=O) groups excluding carboxylic acids is 2. The van der Waals surface area contributed by atoms with Gasteiger partial charge in [-0.15, -0.1) is 10.2 Å². The van der Waals surface area contributed by atoms with Crippen LogP contribution in [0.25, 0.3) is 11.4 Å². The highest BCUT2D eigenvalue weighted by atomic mass is 35.5. The zero-order valence-corrected chi connectivity index (χ0v) is 17.5. The summed E-state index contributed by atoms with van der Waals surface area (Å²) in [6.07, 6.45) is 0. The van der Waals surface area contributed by atoms with E-state index in [2.05, 4.69) is 15.5 Å². The minimum absolute atomic E-state index is 0.0469. The van der Waals surface area contributed by atoms with E-state index in [0.717, 1.165) is 5.56 Å². The Morgan fingerprint density at radius 3 is 2.52 bits per heavy atom. The van der Waals surface area contributed by atoms with Crippen LogP contribution in [0.3, 0.4) is 0 Å². The van der Waals surface area contributed by atoms with Gasteiger partial charge in [0.1, 0.15) is 0 Å². The summed E-state index contributed by atoms with van der Waals surface area (Å²) in [6.45, 7) is 6.16. The topological polar surface area (TPSA) is 80.1 Å². The van der Waals surface area contributed by atoms with Crippen molar-refractivity contribution in [3.63, 3.8) is 0 Å². The largest absolute Gasteiger partial charge is 0.352 e. The Labute approximate surface area is 168 Å². The maximum Gasteiger partial charge on any atom is 0.239 e. The number of thioether (sulfide) groups is 1. The average Bonchev–Trinajstić information content (AvgIpc) is 2.98. The summed E-state index contributed by atoms with van der Waals surface area (Å²) < 4.78 is 1.84. The molecule has 0 saturated heterocycles. The predicted molar refractivity (Wildman–Crippen MR) is 108 cm³/mol. The smallest absolute Gasteiger partial charge is 0.239 e. The van der Waals surface area contributed by atoms with Crippen molar-refractivity contribution in [2.75, 3.05) is 18.8 Å². The fourth-order valence-corrected chi connectivity index (χ4v) is 3.37. The first-order valence-electron chi connectivity index (χ1n) is 8.67. The highest BCUT2D eigenvalue weighted by molar-refractivity contribution is 7.99. The quantitative estimate of drug-likeness (QED) is 0.678. The Kier molecular flexibility index (Phi) is 7.67. The highest BCUT2D eigenvalue weighted by Gasteiger charge is 2.18. The van der Waals surface area contributed by atoms with Crippen molar-refractivity contribution in [3.05, 3.63) is 29.3 Å². The number of rotatable bonds is 8. The molecule has 27 heavy (non-hydrogen) atoms. The van der Waals surface area contributed by atoms with Crippen LogP contribution in [0, 0.1) is 0 Å². The normalized spacial score (nSPS) is 10.9. The van der Waals surface area contributed by atoms with E-state index < -0.39 is 0 Å². The van der Waals surface area contributed by atoms with Gasteiger partial charge in [-0.25, -0.2) is 0 Å². The number of hydrogen-bond acceptors (Lipinski definition) is 5. The van der Waals surface area contributed by atoms with E-state index in [-0.39, 0.29) is 30.2 Å². The molecule has 0 bridgehead atoms. The number of hydrogen-bond donors (Lipinski definition) is 1. The highest BCUT2D eigenvalue weighted by Crippen LogP contribution is 2.24. The molecule has 0 saturated carbocycles. The lowest BCUT2D eigenvalue weighted by Gasteiger charge is -2.20. The van der Waals surface area contributed by atoms with Crippen LogP contribution in [0.2, 0.25) is 5.02 Å². The van der Waals surface area contributed by atoms with Crippen molar-refractivity contribution < 1.29 is 9.59 Å². The van der Waals surface area contributed by atoms with Crippen molar-refractivity contribution in [3.8, 4) is 11.4 Å². The predicted octanol–water partition coefficient (Wildman–Crippen LogP) is 2.60. The van der Waals surface area contributed by atoms with Crippen molar-refractivity contribution in [2.45, 2.75) is 32.0 Å². The average molecular weight is 410 g/mol. The van der Waals surface area contributed by atoms with Gasteiger partial charge in [-0.3, -0.25) is 9.59 Å². The summed E-state index contributed by atoms with van der Waals surface area (Å²) in [5.41, 5.74) is 0.896. The van der Waals surface area contributed by atoms with Gasteiger partial charge >= 0.3 is 0 Å². The number of carbonyl (C=O) groups is 2. The molecule has 2 rings (SSSR count). The van der Waals surface area contributed by atoms with E-state index in [1.165, 1.54) is 16.7 Å². The molecule has 0 aliphatic carbocycles. The van der Waals surface area contributed by atoms with Gasteiger partial charge in [0.2, 0.25) is 11.8 Å². The molecule has 0 aliphatic rings. The van der Waals surface area contributed by atoms with Gasteiger partial charge in [-0.05, 0) is 45.0 Å². The molecular weight excluding hydrogens is 386 g/mol. The van der Waals surface area contributed by atoms with Crippen molar-refractivity contribution in [2.24, 2.45) is 7.05 Å². The van der Waals surface area contributed by atoms with Crippen LogP contribution in [0.1, 0.15) is 20.8 Å². The SMILES string of the molecule is CCN(CC(=O)NC(C)C)C(=O)CSc1nnc(-c2ccc(Cl)cc2)n1C. The lowest BCUT2D eigenvalue weighted by atomic mass is 10.2. The maximum atomic E-state index is 12.4. The molecule has 1 aromatic heterocycles. The Morgan fingerprint density at radius 2 is 1.93 bits per heavy atom. The summed E-state index contributed by atoms with van der Waals surface area (Å²) in [4.78, 5) is 25.9. The van der Waals surface area contributed by atoms with Gasteiger partial charge < -0.3 is 14.8 Å². The molecule has 2 amide bonds. The number of benzene rings is 1. The maximum absolute atomic E-state index is 12.4. The Balaban J connectivity index is 1.98. The number of halogens is 1. The molecular formula is C18H24ClN5O2S. The first-order valence-corrected chi connectivity index (χ1v) is 10.0. The molecule has 1 heterocycles. The Morgan fingerprint density at radius 1 is 1.26 bits per heavy atom. The Hall–Kier alpha value is -2.06. The van der Waals surface area contributed by atoms with Crippen LogP contribution in [0.5, 0.6) is 0 Å². The lowest BCUT2D eigenvalue weighted by Crippen LogP contribution is -2.43. The zero-order valence-electron chi connectivity index (χ0n) is 15.9. The number of nitrogens with one attached hydrogen (secondary N) is 1. The molecule has 0 radical (unpaired) electrons. The molecule has 1 aromatic carbocycles. The third-order valence-corrected chi connectivity index (χ3v) is 5.04. The minimum Gasteiger partial charge on any atom is -0.352 e. The lowest BCUT2D eigenvalue weighted by molar-refractivity contribution is -0.134. The molecule has 0 fully saturated rings. The van der Waals surface area contributed by atoms with Crippen LogP contribution in [0.4, 0.5) is 0 Å². The summed E-state index contributed by atoms with van der Waals surface area (Å²) in [6, 6.07) is 7.38. The fourth-order valence-electron chi connectivity index (χ4n) is 2.43. The third kappa shape index (κ3) is 5.97. The van der Waals surface area contributed by atoms with E-state index in [4.69, 9.17) is 11.6 Å². The number of nitrogens with zero attached hydrogens (tertiary/aromatic N) is 4. The second-order valence-corrected chi connectivity index (χ2v) is 7.67. The van der Waals surface area contributed by atoms with Gasteiger partial charge in [0, 0.05) is 30.2 Å². The molecule has 0 unspecified atom stereocenters. The number of likely N-dealkylation sites (N-methyl/N-ethyl adjacent to an activating group) is 1. The van der Waals surface area contributed by atoms with E-state index in [0.29, 0.717) is 22.5 Å². The van der Waals surface area contributed by atoms with Crippen LogP contribution in [0.15, 0.2) is 29.4 Å². The molecule has 9 heteroatoms. The first kappa shape index (κ1) is 21.2. The summed E-state index contributed by atoms with van der Waals surface area (Å²) >= 11 is 7.22. The standard InChI is InChI=1S/C18H24ClN5O2S/c1-5-24(10-15(25)20-12(2)3)16(26)11-27-18-22-21-17(23(18)4)13-6-8-14(19)9-7-13/h6-9,12H,5,10-11H2,1-4H3,(H,20,25). The van der Waals surface area contributed by atoms with Crippen molar-refractivity contribution >= 4 is 35.2 Å². The van der Waals surface area contributed by atoms with Crippen LogP contribution >= 0.6 is 23.4 Å². The van der Waals surface area contributed by atoms with E-state index in [1.54, 1.807) is 12.1 Å². The summed E-state index contributed by atoms with van der Waals surface area (Å²) in [5.74, 6) is 0.617. The van der Waals surface area contributed by atoms with Crippen LogP contribution in [-0.2, 0) is 16.6 Å². The molecule has 1 N–H and O–H groups in total. The van der Waals surface area contributed by atoms with E-state index >= 15 is 0 Å². The minimum atomic E-state index is -0.158. The second kappa shape index (κ2) is 9.75. The molecule has 0 aliphatic heterocycles. The molecule has 7 nitrogen and oxygen atoms in total. The van der Waals surface area contributed by atoms with Crippen molar-refractivity contribution in [1.82, 2.24) is 25.0 Å². The fraction of sp³-hybridized carbons (Fsp3) is 0.444. The number of amides is 2. The van der Waals surface area contributed by atoms with E-state index in [1.807, 2.05) is 44.5 Å². The monoisotopic (exact) mass is 409 g/mol. The van der Waals surface area contributed by atoms with Gasteiger partial charge in [-0.1, -0.05) is 23.4 Å². The van der Waals surface area contributed by atoms with Gasteiger partial charge in [0.25, 0.3) is 0 Å². The summed E-state index contributed by atoms with van der Waals surface area (Å²) in [5, 5.41) is 12.4. The van der Waals surface area contributed by atoms with Crippen molar-refractivity contribution in [1.29, 1.82) is 0 Å². The zero-order chi connectivity index (χ0) is 20.0. The van der Waals surface area contributed by atoms with E-state index in [9.17, 15) is 9.59 Å². The second-order valence-electron chi connectivity index (χ2n) is 6.29. The van der Waals surface area contributed by atoms with Gasteiger partial charge in [-0.2, -0.15) is 0 Å². The first-order chi connectivity index (χ1) is 12.8. The van der Waals surface area contributed by atoms with Crippen LogP contribution in [-0.4, -0.2) is 56.4 Å². The Bertz CT molecular complexity index is 792. The molecule has 0 atom stereocenters. The number of aromatic nitrogens is 3. The molecule has 0 spiro atoms. The van der Waals surface area contributed by atoms with Gasteiger partial charge in [0.05, 0.1) is 12.3 Å². The third-order valence-electron chi connectivity index (χ3n) is 3.78. The summed E-state index contributed by atoms with van der Waals surface area (Å²) in [7, 11) is 1.85. The van der Waals surface area contributed by atoms with Gasteiger partial charge in [0.15, 0.2) is 11.0 Å². The van der Waals surface area contributed by atoms with Crippen LogP contribution < -0.4 is 5.32 Å². The molecule has 2 aromatic rings.